The smallest absolute Gasteiger partial charge is 0.262 e. The maximum Gasteiger partial charge on any atom is 0.262 e. The molecular formula is C19H18ClN3O2. The lowest BCUT2D eigenvalue weighted by molar-refractivity contribution is 0.0535. The van der Waals surface area contributed by atoms with E-state index in [0.717, 1.165) is 36.9 Å². The molecule has 0 aliphatic carbocycles. The first-order valence-electron chi connectivity index (χ1n) is 8.31. The molecule has 0 radical (unpaired) electrons. The van der Waals surface area contributed by atoms with Crippen LogP contribution in [0.1, 0.15) is 20.7 Å². The molecule has 2 aliphatic rings. The number of anilines is 1. The first-order valence-corrected chi connectivity index (χ1v) is 8.69. The second-order valence-electron chi connectivity index (χ2n) is 6.31. The van der Waals surface area contributed by atoms with E-state index in [0.29, 0.717) is 17.8 Å². The molecule has 2 aliphatic heterocycles. The van der Waals surface area contributed by atoms with E-state index in [1.165, 1.54) is 4.90 Å². The van der Waals surface area contributed by atoms with Gasteiger partial charge in [-0.2, -0.15) is 0 Å². The van der Waals surface area contributed by atoms with Crippen LogP contribution in [0, 0.1) is 0 Å². The molecule has 2 heterocycles. The SMILES string of the molecule is O=C1c2ccccc2C(=O)N1CN1CCN(c2cccc(Cl)c2)CC1. The molecule has 6 heteroatoms. The molecule has 128 valence electrons. The van der Waals surface area contributed by atoms with E-state index < -0.39 is 0 Å². The van der Waals surface area contributed by atoms with Crippen molar-refractivity contribution in [1.82, 2.24) is 9.80 Å². The normalized spacial score (nSPS) is 18.0. The summed E-state index contributed by atoms with van der Waals surface area (Å²) >= 11 is 6.06. The average Bonchev–Trinajstić information content (AvgIpc) is 2.88. The molecule has 0 aromatic heterocycles. The lowest BCUT2D eigenvalue weighted by atomic mass is 10.1. The lowest BCUT2D eigenvalue weighted by Gasteiger charge is -2.37. The second kappa shape index (κ2) is 6.50. The van der Waals surface area contributed by atoms with Gasteiger partial charge < -0.3 is 4.90 Å². The fourth-order valence-corrected chi connectivity index (χ4v) is 3.57. The van der Waals surface area contributed by atoms with Crippen molar-refractivity contribution < 1.29 is 9.59 Å². The van der Waals surface area contributed by atoms with E-state index in [2.05, 4.69) is 9.80 Å². The van der Waals surface area contributed by atoms with Crippen molar-refractivity contribution in [2.45, 2.75) is 0 Å². The first-order chi connectivity index (χ1) is 12.1. The number of carbonyl (C=O) groups excluding carboxylic acids is 2. The average molecular weight is 356 g/mol. The highest BCUT2D eigenvalue weighted by Crippen LogP contribution is 2.24. The lowest BCUT2D eigenvalue weighted by Crippen LogP contribution is -2.51. The number of piperazine rings is 1. The zero-order chi connectivity index (χ0) is 17.4. The van der Waals surface area contributed by atoms with E-state index in [-0.39, 0.29) is 11.8 Å². The molecule has 0 atom stereocenters. The van der Waals surface area contributed by atoms with Crippen LogP contribution < -0.4 is 4.90 Å². The Hall–Kier alpha value is -2.37. The quantitative estimate of drug-likeness (QED) is 0.794. The van der Waals surface area contributed by atoms with Crippen LogP contribution in [-0.4, -0.2) is 54.5 Å². The summed E-state index contributed by atoms with van der Waals surface area (Å²) in [5.74, 6) is -0.393. The number of hydrogen-bond acceptors (Lipinski definition) is 4. The molecule has 4 rings (SSSR count). The Bertz CT molecular complexity index is 796. The highest BCUT2D eigenvalue weighted by Gasteiger charge is 2.36. The van der Waals surface area contributed by atoms with Gasteiger partial charge in [0, 0.05) is 36.9 Å². The molecule has 0 saturated carbocycles. The van der Waals surface area contributed by atoms with E-state index in [4.69, 9.17) is 11.6 Å². The Morgan fingerprint density at radius 3 is 2.08 bits per heavy atom. The minimum Gasteiger partial charge on any atom is -0.369 e. The summed E-state index contributed by atoms with van der Waals surface area (Å²) in [4.78, 5) is 30.7. The number of halogens is 1. The van der Waals surface area contributed by atoms with E-state index in [1.54, 1.807) is 24.3 Å². The monoisotopic (exact) mass is 355 g/mol. The van der Waals surface area contributed by atoms with Crippen molar-refractivity contribution in [3.63, 3.8) is 0 Å². The molecule has 2 aromatic rings. The maximum absolute atomic E-state index is 12.5. The van der Waals surface area contributed by atoms with Crippen LogP contribution in [0.25, 0.3) is 0 Å². The molecule has 0 N–H and O–H groups in total. The summed E-state index contributed by atoms with van der Waals surface area (Å²) < 4.78 is 0. The molecule has 25 heavy (non-hydrogen) atoms. The third-order valence-electron chi connectivity index (χ3n) is 4.77. The Morgan fingerprint density at radius 2 is 1.48 bits per heavy atom. The molecule has 2 amide bonds. The maximum atomic E-state index is 12.5. The van der Waals surface area contributed by atoms with Crippen LogP contribution in [-0.2, 0) is 0 Å². The highest BCUT2D eigenvalue weighted by atomic mass is 35.5. The Kier molecular flexibility index (Phi) is 4.19. The zero-order valence-electron chi connectivity index (χ0n) is 13.7. The predicted molar refractivity (Wildman–Crippen MR) is 97.0 cm³/mol. The van der Waals surface area contributed by atoms with Crippen molar-refractivity contribution in [3.8, 4) is 0 Å². The van der Waals surface area contributed by atoms with E-state index in [1.807, 2.05) is 24.3 Å². The molecule has 5 nitrogen and oxygen atoms in total. The topological polar surface area (TPSA) is 43.9 Å². The molecule has 1 saturated heterocycles. The molecule has 2 aromatic carbocycles. The van der Waals surface area contributed by atoms with Crippen molar-refractivity contribution in [2.24, 2.45) is 0 Å². The van der Waals surface area contributed by atoms with E-state index in [9.17, 15) is 9.59 Å². The van der Waals surface area contributed by atoms with Gasteiger partial charge >= 0.3 is 0 Å². The van der Waals surface area contributed by atoms with Crippen LogP contribution in [0.4, 0.5) is 5.69 Å². The van der Waals surface area contributed by atoms with Crippen LogP contribution in [0.15, 0.2) is 48.5 Å². The number of carbonyl (C=O) groups is 2. The van der Waals surface area contributed by atoms with Crippen molar-refractivity contribution >= 4 is 29.1 Å². The third kappa shape index (κ3) is 3.01. The summed E-state index contributed by atoms with van der Waals surface area (Å²) in [7, 11) is 0. The first kappa shape index (κ1) is 16.1. The number of imide groups is 1. The summed E-state index contributed by atoms with van der Waals surface area (Å²) in [5.41, 5.74) is 2.11. The van der Waals surface area contributed by atoms with Gasteiger partial charge in [0.1, 0.15) is 0 Å². The minimum atomic E-state index is -0.196. The summed E-state index contributed by atoms with van der Waals surface area (Å²) in [6, 6.07) is 14.8. The Morgan fingerprint density at radius 1 is 0.840 bits per heavy atom. The van der Waals surface area contributed by atoms with Crippen molar-refractivity contribution in [2.75, 3.05) is 37.7 Å². The number of rotatable bonds is 3. The van der Waals surface area contributed by atoms with Gasteiger partial charge in [-0.1, -0.05) is 29.8 Å². The van der Waals surface area contributed by atoms with Gasteiger partial charge in [0.15, 0.2) is 0 Å². The summed E-state index contributed by atoms with van der Waals surface area (Å²) in [6.07, 6.45) is 0. The van der Waals surface area contributed by atoms with Crippen LogP contribution in [0.2, 0.25) is 5.02 Å². The Labute approximate surface area is 151 Å². The standard InChI is InChI=1S/C19H18ClN3O2/c20-14-4-3-5-15(12-14)22-10-8-21(9-11-22)13-23-18(24)16-6-1-2-7-17(16)19(23)25/h1-7,12H,8-11,13H2. The number of fused-ring (bicyclic) bond motifs is 1. The van der Waals surface area contributed by atoms with Crippen molar-refractivity contribution in [1.29, 1.82) is 0 Å². The summed E-state index contributed by atoms with van der Waals surface area (Å²) in [6.45, 7) is 3.60. The van der Waals surface area contributed by atoms with Gasteiger partial charge in [-0.3, -0.25) is 19.4 Å². The van der Waals surface area contributed by atoms with E-state index >= 15 is 0 Å². The van der Waals surface area contributed by atoms with Crippen LogP contribution in [0.5, 0.6) is 0 Å². The van der Waals surface area contributed by atoms with Gasteiger partial charge in [0.2, 0.25) is 0 Å². The third-order valence-corrected chi connectivity index (χ3v) is 5.00. The van der Waals surface area contributed by atoms with Crippen LogP contribution in [0.3, 0.4) is 0 Å². The number of benzene rings is 2. The van der Waals surface area contributed by atoms with Gasteiger partial charge in [-0.05, 0) is 30.3 Å². The molecule has 0 spiro atoms. The van der Waals surface area contributed by atoms with Gasteiger partial charge in [-0.25, -0.2) is 0 Å². The van der Waals surface area contributed by atoms with Gasteiger partial charge in [-0.15, -0.1) is 0 Å². The fraction of sp³-hybridized carbons (Fsp3) is 0.263. The molecule has 0 bridgehead atoms. The largest absolute Gasteiger partial charge is 0.369 e. The molecule has 1 fully saturated rings. The summed E-state index contributed by atoms with van der Waals surface area (Å²) in [5, 5.41) is 0.728. The van der Waals surface area contributed by atoms with Crippen molar-refractivity contribution in [3.05, 3.63) is 64.7 Å². The van der Waals surface area contributed by atoms with Gasteiger partial charge in [0.25, 0.3) is 11.8 Å². The van der Waals surface area contributed by atoms with Gasteiger partial charge in [0.05, 0.1) is 17.8 Å². The molecular weight excluding hydrogens is 338 g/mol. The number of amides is 2. The zero-order valence-corrected chi connectivity index (χ0v) is 14.4. The fourth-order valence-electron chi connectivity index (χ4n) is 3.39. The highest BCUT2D eigenvalue weighted by molar-refractivity contribution is 6.30. The van der Waals surface area contributed by atoms with Crippen LogP contribution >= 0.6 is 11.6 Å². The number of hydrogen-bond donors (Lipinski definition) is 0. The number of nitrogens with zero attached hydrogens (tertiary/aromatic N) is 3. The Balaban J connectivity index is 1.40. The minimum absolute atomic E-state index is 0.196. The second-order valence-corrected chi connectivity index (χ2v) is 6.75. The molecule has 0 unspecified atom stereocenters. The predicted octanol–water partition coefficient (Wildman–Crippen LogP) is 2.72.